The van der Waals surface area contributed by atoms with Gasteiger partial charge in [0.2, 0.25) is 0 Å². The molecule has 1 heterocycles. The summed E-state index contributed by atoms with van der Waals surface area (Å²) in [6.45, 7) is 5.59. The first-order valence-electron chi connectivity index (χ1n) is 8.14. The number of anilines is 1. The molecule has 25 heavy (non-hydrogen) atoms. The highest BCUT2D eigenvalue weighted by Gasteiger charge is 2.51. The number of nitrogens with one attached hydrogen (secondary N) is 1. The monoisotopic (exact) mass is 340 g/mol. The quantitative estimate of drug-likeness (QED) is 0.701. The molecule has 1 atom stereocenters. The van der Waals surface area contributed by atoms with Crippen LogP contribution >= 0.6 is 0 Å². The van der Waals surface area contributed by atoms with E-state index in [2.05, 4.69) is 11.9 Å². The van der Waals surface area contributed by atoms with Crippen LogP contribution in [0.15, 0.2) is 48.6 Å². The van der Waals surface area contributed by atoms with Crippen molar-refractivity contribution < 1.29 is 19.8 Å². The van der Waals surface area contributed by atoms with Gasteiger partial charge < -0.3 is 15.5 Å². The van der Waals surface area contributed by atoms with Crippen LogP contribution in [0.25, 0.3) is 10.8 Å². The lowest BCUT2D eigenvalue weighted by Gasteiger charge is -2.53. The van der Waals surface area contributed by atoms with Gasteiger partial charge >= 0.3 is 12.0 Å². The topological polar surface area (TPSA) is 89.9 Å². The van der Waals surface area contributed by atoms with E-state index < -0.39 is 11.6 Å². The summed E-state index contributed by atoms with van der Waals surface area (Å²) in [5.41, 5.74) is -0.133. The molecule has 130 valence electrons. The van der Waals surface area contributed by atoms with Gasteiger partial charge in [0, 0.05) is 22.8 Å². The van der Waals surface area contributed by atoms with Crippen molar-refractivity contribution in [2.75, 3.05) is 4.90 Å². The Morgan fingerprint density at radius 1 is 1.24 bits per heavy atom. The van der Waals surface area contributed by atoms with E-state index in [-0.39, 0.29) is 23.8 Å². The molecule has 6 heteroatoms. The third-order valence-corrected chi connectivity index (χ3v) is 4.56. The first-order valence-corrected chi connectivity index (χ1v) is 8.14. The zero-order chi connectivity index (χ0) is 18.2. The zero-order valence-electron chi connectivity index (χ0n) is 14.0. The highest BCUT2D eigenvalue weighted by molar-refractivity contribution is 6.09. The number of phenols is 1. The summed E-state index contributed by atoms with van der Waals surface area (Å²) >= 11 is 0. The van der Waals surface area contributed by atoms with Crippen molar-refractivity contribution in [2.45, 2.75) is 31.8 Å². The van der Waals surface area contributed by atoms with Crippen LogP contribution < -0.4 is 10.2 Å². The summed E-state index contributed by atoms with van der Waals surface area (Å²) in [6.07, 6.45) is 1.47. The fourth-order valence-corrected chi connectivity index (χ4v) is 3.49. The third kappa shape index (κ3) is 2.69. The maximum Gasteiger partial charge on any atom is 0.331 e. The second-order valence-corrected chi connectivity index (χ2v) is 6.28. The van der Waals surface area contributed by atoms with Gasteiger partial charge in [-0.1, -0.05) is 44.2 Å². The summed E-state index contributed by atoms with van der Waals surface area (Å²) in [5.74, 6) is -0.941. The van der Waals surface area contributed by atoms with Crippen LogP contribution in [-0.4, -0.2) is 27.9 Å². The van der Waals surface area contributed by atoms with Crippen LogP contribution in [0.2, 0.25) is 0 Å². The van der Waals surface area contributed by atoms with E-state index in [0.717, 1.165) is 11.8 Å². The van der Waals surface area contributed by atoms with Gasteiger partial charge in [-0.15, -0.1) is 0 Å². The first-order chi connectivity index (χ1) is 11.9. The summed E-state index contributed by atoms with van der Waals surface area (Å²) in [4.78, 5) is 25.2. The number of aliphatic carboxylic acids is 1. The molecular formula is C19H20N2O4. The van der Waals surface area contributed by atoms with Crippen molar-refractivity contribution in [1.29, 1.82) is 0 Å². The number of carbonyl (C=O) groups excluding carboxylic acids is 1. The maximum absolute atomic E-state index is 12.4. The van der Waals surface area contributed by atoms with Crippen LogP contribution in [0, 0.1) is 0 Å². The number of amides is 2. The number of carboxylic acids is 1. The molecule has 2 amide bonds. The lowest BCUT2D eigenvalue weighted by atomic mass is 9.88. The summed E-state index contributed by atoms with van der Waals surface area (Å²) in [7, 11) is 0. The minimum Gasteiger partial charge on any atom is -0.507 e. The molecule has 2 aromatic rings. The molecule has 1 unspecified atom stereocenters. The Kier molecular flexibility index (Phi) is 4.12. The fraction of sp³-hybridized carbons (Fsp3) is 0.263. The number of benzene rings is 2. The Hall–Kier alpha value is -3.02. The van der Waals surface area contributed by atoms with Crippen LogP contribution in [0.5, 0.6) is 5.75 Å². The van der Waals surface area contributed by atoms with Gasteiger partial charge in [0.25, 0.3) is 0 Å². The molecule has 1 saturated heterocycles. The number of phenolic OH excluding ortho intramolecular Hbond substituents is 1. The van der Waals surface area contributed by atoms with Gasteiger partial charge in [0.1, 0.15) is 11.4 Å². The SMILES string of the molecule is C=C(CC1(CCC)NC(=O)N1c1cccc2c(O)cccc12)C(=O)O. The van der Waals surface area contributed by atoms with Gasteiger partial charge in [-0.2, -0.15) is 0 Å². The van der Waals surface area contributed by atoms with E-state index in [1.54, 1.807) is 35.2 Å². The standard InChI is InChI=1S/C19H20N2O4/c1-3-10-19(11-12(2)17(23)24)20-18(25)21(19)15-8-4-7-14-13(15)6-5-9-16(14)22/h4-9,22H,2-3,10-11H2,1H3,(H,20,25)(H,23,24). The van der Waals surface area contributed by atoms with Gasteiger partial charge in [-0.25, -0.2) is 9.59 Å². The Morgan fingerprint density at radius 3 is 2.56 bits per heavy atom. The third-order valence-electron chi connectivity index (χ3n) is 4.56. The van der Waals surface area contributed by atoms with Gasteiger partial charge in [0.05, 0.1) is 5.69 Å². The van der Waals surface area contributed by atoms with Crippen molar-refractivity contribution in [3.05, 3.63) is 48.6 Å². The zero-order valence-corrected chi connectivity index (χ0v) is 14.0. The number of fused-ring (bicyclic) bond motifs is 1. The smallest absolute Gasteiger partial charge is 0.331 e. The Morgan fingerprint density at radius 2 is 1.92 bits per heavy atom. The number of aromatic hydroxyl groups is 1. The molecule has 2 aromatic carbocycles. The molecule has 3 rings (SSSR count). The van der Waals surface area contributed by atoms with Crippen molar-refractivity contribution >= 4 is 28.5 Å². The first kappa shape index (κ1) is 16.8. The van der Waals surface area contributed by atoms with Gasteiger partial charge in [-0.3, -0.25) is 4.90 Å². The number of rotatable bonds is 6. The van der Waals surface area contributed by atoms with Crippen LogP contribution in [0.4, 0.5) is 10.5 Å². The molecule has 0 aliphatic carbocycles. The molecule has 0 saturated carbocycles. The lowest BCUT2D eigenvalue weighted by Crippen LogP contribution is -2.76. The van der Waals surface area contributed by atoms with E-state index in [4.69, 9.17) is 0 Å². The Bertz CT molecular complexity index is 877. The number of hydrogen-bond donors (Lipinski definition) is 3. The predicted octanol–water partition coefficient (Wildman–Crippen LogP) is 3.60. The van der Waals surface area contributed by atoms with Crippen molar-refractivity contribution in [3.8, 4) is 5.75 Å². The maximum atomic E-state index is 12.4. The number of hydrogen-bond acceptors (Lipinski definition) is 3. The second kappa shape index (κ2) is 6.12. The van der Waals surface area contributed by atoms with E-state index in [1.807, 2.05) is 13.0 Å². The van der Waals surface area contributed by atoms with Gasteiger partial charge in [-0.05, 0) is 18.6 Å². The van der Waals surface area contributed by atoms with E-state index >= 15 is 0 Å². The number of carbonyl (C=O) groups is 2. The van der Waals surface area contributed by atoms with Crippen LogP contribution in [0.1, 0.15) is 26.2 Å². The van der Waals surface area contributed by atoms with Crippen molar-refractivity contribution in [1.82, 2.24) is 5.32 Å². The van der Waals surface area contributed by atoms with E-state index in [0.29, 0.717) is 17.5 Å². The number of urea groups is 1. The van der Waals surface area contributed by atoms with E-state index in [9.17, 15) is 19.8 Å². The van der Waals surface area contributed by atoms with Gasteiger partial charge in [0.15, 0.2) is 0 Å². The average molecular weight is 340 g/mol. The minimum absolute atomic E-state index is 0.0431. The molecule has 0 radical (unpaired) electrons. The molecule has 6 nitrogen and oxygen atoms in total. The average Bonchev–Trinajstić information content (AvgIpc) is 2.55. The van der Waals surface area contributed by atoms with E-state index in [1.165, 1.54) is 0 Å². The molecule has 1 aliphatic heterocycles. The molecular weight excluding hydrogens is 320 g/mol. The molecule has 3 N–H and O–H groups in total. The largest absolute Gasteiger partial charge is 0.507 e. The van der Waals surface area contributed by atoms with Crippen molar-refractivity contribution in [3.63, 3.8) is 0 Å². The summed E-state index contributed by atoms with van der Waals surface area (Å²) < 4.78 is 0. The molecule has 1 aliphatic rings. The Labute approximate surface area is 145 Å². The minimum atomic E-state index is -1.08. The molecule has 0 bridgehead atoms. The summed E-state index contributed by atoms with van der Waals surface area (Å²) in [5, 5.41) is 23.5. The molecule has 0 aromatic heterocycles. The number of nitrogens with zero attached hydrogens (tertiary/aromatic N) is 1. The fourth-order valence-electron chi connectivity index (χ4n) is 3.49. The number of carboxylic acid groups (broad SMARTS) is 1. The predicted molar refractivity (Wildman–Crippen MR) is 95.7 cm³/mol. The molecule has 1 fully saturated rings. The highest BCUT2D eigenvalue weighted by Crippen LogP contribution is 2.41. The van der Waals surface area contributed by atoms with Crippen LogP contribution in [-0.2, 0) is 4.79 Å². The molecule has 0 spiro atoms. The summed E-state index contributed by atoms with van der Waals surface area (Å²) in [6, 6.07) is 10.2. The highest BCUT2D eigenvalue weighted by atomic mass is 16.4. The Balaban J connectivity index is 2.10. The van der Waals surface area contributed by atoms with Crippen LogP contribution in [0.3, 0.4) is 0 Å². The van der Waals surface area contributed by atoms with Crippen molar-refractivity contribution in [2.24, 2.45) is 0 Å². The lowest BCUT2D eigenvalue weighted by molar-refractivity contribution is -0.133. The second-order valence-electron chi connectivity index (χ2n) is 6.28. The normalized spacial score (nSPS) is 19.4.